The molecule has 2 aromatic rings. The summed E-state index contributed by atoms with van der Waals surface area (Å²) in [6.07, 6.45) is 1.75. The fourth-order valence-corrected chi connectivity index (χ4v) is 2.04. The first-order valence-corrected chi connectivity index (χ1v) is 5.87. The Bertz CT molecular complexity index is 528. The van der Waals surface area contributed by atoms with Gasteiger partial charge in [-0.15, -0.1) is 0 Å². The summed E-state index contributed by atoms with van der Waals surface area (Å²) < 4.78 is 27.3. The van der Waals surface area contributed by atoms with E-state index in [2.05, 4.69) is 4.98 Å². The summed E-state index contributed by atoms with van der Waals surface area (Å²) in [5, 5.41) is 10.2. The molecule has 0 spiro atoms. The van der Waals surface area contributed by atoms with E-state index in [0.29, 0.717) is 5.56 Å². The fraction of sp³-hybridized carbons (Fsp3) is 0.214. The summed E-state index contributed by atoms with van der Waals surface area (Å²) in [6.45, 7) is 0.0562. The standard InChI is InChI=1S/C14H14F2N2O/c15-11-4-1-5-12(16)13(11)14(19)10(7-17)9-3-2-6-18-8-9/h1-6,8,10,14,19H,7,17H2. The van der Waals surface area contributed by atoms with Crippen LogP contribution in [0.4, 0.5) is 8.78 Å². The van der Waals surface area contributed by atoms with Crippen LogP contribution in [0.15, 0.2) is 42.7 Å². The van der Waals surface area contributed by atoms with E-state index in [1.165, 1.54) is 12.3 Å². The molecule has 0 saturated carbocycles. The van der Waals surface area contributed by atoms with Crippen molar-refractivity contribution in [1.29, 1.82) is 0 Å². The zero-order chi connectivity index (χ0) is 13.8. The van der Waals surface area contributed by atoms with Gasteiger partial charge >= 0.3 is 0 Å². The molecular weight excluding hydrogens is 250 g/mol. The number of nitrogens with two attached hydrogens (primary N) is 1. The minimum Gasteiger partial charge on any atom is -0.388 e. The Morgan fingerprint density at radius 2 is 1.84 bits per heavy atom. The molecule has 1 aromatic heterocycles. The Hall–Kier alpha value is -1.85. The van der Waals surface area contributed by atoms with Crippen molar-refractivity contribution in [1.82, 2.24) is 4.98 Å². The highest BCUT2D eigenvalue weighted by atomic mass is 19.1. The van der Waals surface area contributed by atoms with E-state index in [-0.39, 0.29) is 12.1 Å². The van der Waals surface area contributed by atoms with Crippen LogP contribution in [0.25, 0.3) is 0 Å². The second kappa shape index (κ2) is 5.86. The van der Waals surface area contributed by atoms with E-state index in [9.17, 15) is 13.9 Å². The summed E-state index contributed by atoms with van der Waals surface area (Å²) >= 11 is 0. The number of hydrogen-bond acceptors (Lipinski definition) is 3. The Morgan fingerprint density at radius 3 is 2.37 bits per heavy atom. The molecule has 100 valence electrons. The molecular formula is C14H14F2N2O. The third kappa shape index (κ3) is 2.77. The molecule has 0 aliphatic heterocycles. The lowest BCUT2D eigenvalue weighted by atomic mass is 9.89. The molecule has 1 heterocycles. The van der Waals surface area contributed by atoms with Crippen molar-refractivity contribution in [2.45, 2.75) is 12.0 Å². The maximum atomic E-state index is 13.7. The molecule has 0 fully saturated rings. The van der Waals surface area contributed by atoms with Gasteiger partial charge in [0.05, 0.1) is 11.7 Å². The predicted molar refractivity (Wildman–Crippen MR) is 67.4 cm³/mol. The molecule has 3 N–H and O–H groups in total. The Balaban J connectivity index is 2.39. The molecule has 0 amide bonds. The number of aliphatic hydroxyl groups excluding tert-OH is 1. The summed E-state index contributed by atoms with van der Waals surface area (Å²) in [6, 6.07) is 6.87. The van der Waals surface area contributed by atoms with Gasteiger partial charge in [0.15, 0.2) is 0 Å². The zero-order valence-electron chi connectivity index (χ0n) is 10.1. The zero-order valence-corrected chi connectivity index (χ0v) is 10.1. The monoisotopic (exact) mass is 264 g/mol. The van der Waals surface area contributed by atoms with Crippen LogP contribution < -0.4 is 5.73 Å². The highest BCUT2D eigenvalue weighted by Gasteiger charge is 2.26. The van der Waals surface area contributed by atoms with Crippen LogP contribution in [-0.4, -0.2) is 16.6 Å². The van der Waals surface area contributed by atoms with Crippen molar-refractivity contribution in [3.8, 4) is 0 Å². The number of nitrogens with zero attached hydrogens (tertiary/aromatic N) is 1. The predicted octanol–water partition coefficient (Wildman–Crippen LogP) is 2.14. The van der Waals surface area contributed by atoms with E-state index < -0.39 is 23.7 Å². The molecule has 2 atom stereocenters. The van der Waals surface area contributed by atoms with Gasteiger partial charge in [0.25, 0.3) is 0 Å². The van der Waals surface area contributed by atoms with Crippen LogP contribution in [0.5, 0.6) is 0 Å². The molecule has 5 heteroatoms. The molecule has 19 heavy (non-hydrogen) atoms. The van der Waals surface area contributed by atoms with E-state index in [4.69, 9.17) is 5.73 Å². The summed E-state index contributed by atoms with van der Waals surface area (Å²) in [4.78, 5) is 3.92. The SMILES string of the molecule is NCC(c1cccnc1)C(O)c1c(F)cccc1F. The maximum absolute atomic E-state index is 13.7. The summed E-state index contributed by atoms with van der Waals surface area (Å²) in [7, 11) is 0. The molecule has 0 saturated heterocycles. The first-order valence-electron chi connectivity index (χ1n) is 5.87. The minimum absolute atomic E-state index is 0.0562. The van der Waals surface area contributed by atoms with Gasteiger partial charge in [0.2, 0.25) is 0 Å². The first-order chi connectivity index (χ1) is 9.15. The smallest absolute Gasteiger partial charge is 0.131 e. The molecule has 1 aromatic carbocycles. The van der Waals surface area contributed by atoms with Gasteiger partial charge < -0.3 is 10.8 Å². The van der Waals surface area contributed by atoms with Crippen LogP contribution in [-0.2, 0) is 0 Å². The van der Waals surface area contributed by atoms with Gasteiger partial charge in [-0.3, -0.25) is 4.98 Å². The van der Waals surface area contributed by atoms with Crippen LogP contribution in [0, 0.1) is 11.6 Å². The quantitative estimate of drug-likeness (QED) is 0.889. The van der Waals surface area contributed by atoms with Crippen LogP contribution in [0.2, 0.25) is 0 Å². The molecule has 3 nitrogen and oxygen atoms in total. The number of pyridine rings is 1. The number of benzene rings is 1. The molecule has 0 aliphatic carbocycles. The highest BCUT2D eigenvalue weighted by molar-refractivity contribution is 5.27. The van der Waals surface area contributed by atoms with E-state index in [1.54, 1.807) is 18.3 Å². The van der Waals surface area contributed by atoms with Crippen LogP contribution >= 0.6 is 0 Å². The van der Waals surface area contributed by atoms with E-state index >= 15 is 0 Å². The topological polar surface area (TPSA) is 59.1 Å². The number of aliphatic hydroxyl groups is 1. The number of halogens is 2. The van der Waals surface area contributed by atoms with Crippen molar-refractivity contribution >= 4 is 0 Å². The van der Waals surface area contributed by atoms with Crippen molar-refractivity contribution in [3.05, 3.63) is 65.5 Å². The van der Waals surface area contributed by atoms with Crippen molar-refractivity contribution in [2.75, 3.05) is 6.54 Å². The van der Waals surface area contributed by atoms with E-state index in [0.717, 1.165) is 12.1 Å². The second-order valence-electron chi connectivity index (χ2n) is 4.21. The number of hydrogen-bond donors (Lipinski definition) is 2. The van der Waals surface area contributed by atoms with Crippen molar-refractivity contribution in [2.24, 2.45) is 5.73 Å². The Kier molecular flexibility index (Phi) is 4.19. The lowest BCUT2D eigenvalue weighted by Crippen LogP contribution is -2.22. The van der Waals surface area contributed by atoms with Crippen LogP contribution in [0.1, 0.15) is 23.1 Å². The average Bonchev–Trinajstić information content (AvgIpc) is 2.40. The van der Waals surface area contributed by atoms with Gasteiger partial charge in [-0.05, 0) is 23.8 Å². The van der Waals surface area contributed by atoms with Crippen molar-refractivity contribution in [3.63, 3.8) is 0 Å². The average molecular weight is 264 g/mol. The lowest BCUT2D eigenvalue weighted by molar-refractivity contribution is 0.138. The molecule has 2 rings (SSSR count). The largest absolute Gasteiger partial charge is 0.388 e. The third-order valence-electron chi connectivity index (χ3n) is 3.04. The van der Waals surface area contributed by atoms with Gasteiger partial charge in [-0.25, -0.2) is 8.78 Å². The lowest BCUT2D eigenvalue weighted by Gasteiger charge is -2.22. The normalized spacial score (nSPS) is 14.1. The minimum atomic E-state index is -1.35. The van der Waals surface area contributed by atoms with Crippen LogP contribution in [0.3, 0.4) is 0 Å². The highest BCUT2D eigenvalue weighted by Crippen LogP contribution is 2.32. The van der Waals surface area contributed by atoms with Gasteiger partial charge in [-0.2, -0.15) is 0 Å². The molecule has 2 unspecified atom stereocenters. The van der Waals surface area contributed by atoms with E-state index in [1.807, 2.05) is 0 Å². The number of aromatic nitrogens is 1. The molecule has 0 bridgehead atoms. The van der Waals surface area contributed by atoms with Gasteiger partial charge in [0.1, 0.15) is 11.6 Å². The Labute approximate surface area is 109 Å². The molecule has 0 radical (unpaired) electrons. The summed E-state index contributed by atoms with van der Waals surface area (Å²) in [5.74, 6) is -2.18. The second-order valence-corrected chi connectivity index (χ2v) is 4.21. The Morgan fingerprint density at radius 1 is 1.16 bits per heavy atom. The number of rotatable bonds is 4. The van der Waals surface area contributed by atoms with Gasteiger partial charge in [0, 0.05) is 24.9 Å². The maximum Gasteiger partial charge on any atom is 0.131 e. The van der Waals surface area contributed by atoms with Gasteiger partial charge in [-0.1, -0.05) is 12.1 Å². The summed E-state index contributed by atoms with van der Waals surface area (Å²) in [5.41, 5.74) is 5.89. The third-order valence-corrected chi connectivity index (χ3v) is 3.04. The fourth-order valence-electron chi connectivity index (χ4n) is 2.04. The van der Waals surface area contributed by atoms with Crippen molar-refractivity contribution < 1.29 is 13.9 Å². The molecule has 0 aliphatic rings. The first kappa shape index (κ1) is 13.6.